The highest BCUT2D eigenvalue weighted by atomic mass is 16.3. The van der Waals surface area contributed by atoms with Crippen LogP contribution in [0.5, 0.6) is 11.5 Å². The molecule has 34 heavy (non-hydrogen) atoms. The Morgan fingerprint density at radius 3 is 0.824 bits per heavy atom. The quantitative estimate of drug-likeness (QED) is 0.268. The SMILES string of the molecule is Oc1ccc(C(c2ccc(O)cc2)c2ccc(C(c3ccccc3)c3ccccc3)cc2)cc1. The Balaban J connectivity index is 1.57. The molecule has 166 valence electrons. The first-order chi connectivity index (χ1) is 16.7. The second-order valence-corrected chi connectivity index (χ2v) is 8.54. The summed E-state index contributed by atoms with van der Waals surface area (Å²) in [4.78, 5) is 0. The molecule has 0 aliphatic heterocycles. The molecule has 5 aromatic carbocycles. The number of rotatable bonds is 6. The highest BCUT2D eigenvalue weighted by Crippen LogP contribution is 2.36. The monoisotopic (exact) mass is 442 g/mol. The van der Waals surface area contributed by atoms with Crippen molar-refractivity contribution < 1.29 is 10.2 Å². The van der Waals surface area contributed by atoms with Gasteiger partial charge in [0.2, 0.25) is 0 Å². The summed E-state index contributed by atoms with van der Waals surface area (Å²) in [7, 11) is 0. The fourth-order valence-corrected chi connectivity index (χ4v) is 4.66. The van der Waals surface area contributed by atoms with E-state index in [1.165, 1.54) is 16.7 Å². The smallest absolute Gasteiger partial charge is 0.115 e. The fourth-order valence-electron chi connectivity index (χ4n) is 4.66. The lowest BCUT2D eigenvalue weighted by Gasteiger charge is -2.22. The van der Waals surface area contributed by atoms with E-state index in [2.05, 4.69) is 84.9 Å². The molecular weight excluding hydrogens is 416 g/mol. The van der Waals surface area contributed by atoms with Crippen LogP contribution in [-0.2, 0) is 0 Å². The van der Waals surface area contributed by atoms with E-state index in [0.717, 1.165) is 16.7 Å². The summed E-state index contributed by atoms with van der Waals surface area (Å²) >= 11 is 0. The highest BCUT2D eigenvalue weighted by molar-refractivity contribution is 5.48. The zero-order valence-electron chi connectivity index (χ0n) is 18.8. The molecule has 5 rings (SSSR count). The number of phenols is 2. The minimum Gasteiger partial charge on any atom is -0.508 e. The summed E-state index contributed by atoms with van der Waals surface area (Å²) in [6.45, 7) is 0. The molecule has 0 aliphatic carbocycles. The molecule has 0 amide bonds. The first-order valence-electron chi connectivity index (χ1n) is 11.5. The summed E-state index contributed by atoms with van der Waals surface area (Å²) in [6.07, 6.45) is 0. The van der Waals surface area contributed by atoms with Crippen LogP contribution in [0.15, 0.2) is 133 Å². The van der Waals surface area contributed by atoms with Crippen molar-refractivity contribution in [3.63, 3.8) is 0 Å². The van der Waals surface area contributed by atoms with Crippen LogP contribution in [0.3, 0.4) is 0 Å². The zero-order chi connectivity index (χ0) is 23.3. The maximum Gasteiger partial charge on any atom is 0.115 e. The van der Waals surface area contributed by atoms with Crippen LogP contribution < -0.4 is 0 Å². The van der Waals surface area contributed by atoms with Gasteiger partial charge < -0.3 is 10.2 Å². The van der Waals surface area contributed by atoms with E-state index in [1.54, 1.807) is 24.3 Å². The molecule has 2 nitrogen and oxygen atoms in total. The van der Waals surface area contributed by atoms with Crippen molar-refractivity contribution in [2.24, 2.45) is 0 Å². The third kappa shape index (κ3) is 4.57. The Kier molecular flexibility index (Phi) is 6.13. The predicted octanol–water partition coefficient (Wildman–Crippen LogP) is 7.46. The van der Waals surface area contributed by atoms with E-state index < -0.39 is 0 Å². The Hall–Kier alpha value is -4.30. The van der Waals surface area contributed by atoms with Gasteiger partial charge in [0.1, 0.15) is 11.5 Å². The maximum atomic E-state index is 9.80. The molecule has 0 saturated heterocycles. The van der Waals surface area contributed by atoms with E-state index in [1.807, 2.05) is 24.3 Å². The van der Waals surface area contributed by atoms with Crippen molar-refractivity contribution in [2.75, 3.05) is 0 Å². The summed E-state index contributed by atoms with van der Waals surface area (Å²) < 4.78 is 0. The van der Waals surface area contributed by atoms with Gasteiger partial charge in [-0.05, 0) is 57.6 Å². The molecule has 2 N–H and O–H groups in total. The van der Waals surface area contributed by atoms with E-state index in [9.17, 15) is 10.2 Å². The van der Waals surface area contributed by atoms with Crippen molar-refractivity contribution in [2.45, 2.75) is 11.8 Å². The van der Waals surface area contributed by atoms with Gasteiger partial charge >= 0.3 is 0 Å². The molecule has 0 unspecified atom stereocenters. The molecule has 5 aromatic rings. The average molecular weight is 443 g/mol. The molecule has 0 aliphatic rings. The standard InChI is InChI=1S/C32H26O2/c33-29-19-15-27(16-20-29)32(28-17-21-30(34)22-18-28)26-13-11-25(12-14-26)31(23-7-3-1-4-8-23)24-9-5-2-6-10-24/h1-22,31-34H. The van der Waals surface area contributed by atoms with Crippen LogP contribution in [-0.4, -0.2) is 10.2 Å². The third-order valence-electron chi connectivity index (χ3n) is 6.32. The lowest BCUT2D eigenvalue weighted by atomic mass is 9.82. The number of benzene rings is 5. The first-order valence-corrected chi connectivity index (χ1v) is 11.5. The molecule has 2 heteroatoms. The highest BCUT2D eigenvalue weighted by Gasteiger charge is 2.20. The molecule has 0 bridgehead atoms. The molecule has 0 aromatic heterocycles. The molecule has 0 heterocycles. The maximum absolute atomic E-state index is 9.80. The Morgan fingerprint density at radius 1 is 0.294 bits per heavy atom. The second kappa shape index (κ2) is 9.68. The molecular formula is C32H26O2. The van der Waals surface area contributed by atoms with Gasteiger partial charge in [0.05, 0.1) is 0 Å². The minimum atomic E-state index is -0.0119. The second-order valence-electron chi connectivity index (χ2n) is 8.54. The number of hydrogen-bond donors (Lipinski definition) is 2. The van der Waals surface area contributed by atoms with E-state index >= 15 is 0 Å². The van der Waals surface area contributed by atoms with Crippen molar-refractivity contribution in [3.05, 3.63) is 167 Å². The van der Waals surface area contributed by atoms with Crippen molar-refractivity contribution in [1.82, 2.24) is 0 Å². The van der Waals surface area contributed by atoms with Crippen LogP contribution in [0, 0.1) is 0 Å². The van der Waals surface area contributed by atoms with Crippen LogP contribution in [0.1, 0.15) is 45.2 Å². The first kappa shape index (κ1) is 21.5. The Morgan fingerprint density at radius 2 is 0.529 bits per heavy atom. The normalized spacial score (nSPS) is 11.1. The molecule has 0 atom stereocenters. The average Bonchev–Trinajstić information content (AvgIpc) is 2.89. The van der Waals surface area contributed by atoms with Crippen LogP contribution in [0.4, 0.5) is 0 Å². The Bertz CT molecular complexity index is 1240. The van der Waals surface area contributed by atoms with E-state index in [-0.39, 0.29) is 23.3 Å². The predicted molar refractivity (Wildman–Crippen MR) is 137 cm³/mol. The van der Waals surface area contributed by atoms with Crippen LogP contribution >= 0.6 is 0 Å². The van der Waals surface area contributed by atoms with Gasteiger partial charge in [0.15, 0.2) is 0 Å². The minimum absolute atomic E-state index is 0.0119. The topological polar surface area (TPSA) is 40.5 Å². The molecule has 0 fully saturated rings. The largest absolute Gasteiger partial charge is 0.508 e. The van der Waals surface area contributed by atoms with Gasteiger partial charge in [-0.1, -0.05) is 109 Å². The summed E-state index contributed by atoms with van der Waals surface area (Å²) in [5.41, 5.74) is 7.07. The number of aromatic hydroxyl groups is 2. The van der Waals surface area contributed by atoms with Crippen molar-refractivity contribution >= 4 is 0 Å². The molecule has 0 saturated carbocycles. The van der Waals surface area contributed by atoms with Crippen LogP contribution in [0.2, 0.25) is 0 Å². The van der Waals surface area contributed by atoms with E-state index in [0.29, 0.717) is 0 Å². The Labute approximate surface area is 200 Å². The molecule has 0 spiro atoms. The van der Waals surface area contributed by atoms with E-state index in [4.69, 9.17) is 0 Å². The summed E-state index contributed by atoms with van der Waals surface area (Å²) in [5.74, 6) is 0.633. The van der Waals surface area contributed by atoms with Gasteiger partial charge in [0.25, 0.3) is 0 Å². The number of hydrogen-bond acceptors (Lipinski definition) is 2. The van der Waals surface area contributed by atoms with Gasteiger partial charge in [-0.3, -0.25) is 0 Å². The lowest BCUT2D eigenvalue weighted by Crippen LogP contribution is -2.06. The fraction of sp³-hybridized carbons (Fsp3) is 0.0625. The van der Waals surface area contributed by atoms with Crippen molar-refractivity contribution in [3.8, 4) is 11.5 Å². The van der Waals surface area contributed by atoms with Crippen molar-refractivity contribution in [1.29, 1.82) is 0 Å². The molecule has 0 radical (unpaired) electrons. The zero-order valence-corrected chi connectivity index (χ0v) is 18.8. The number of phenolic OH excluding ortho intramolecular Hbond substituents is 2. The summed E-state index contributed by atoms with van der Waals surface area (Å²) in [6, 6.07) is 44.7. The van der Waals surface area contributed by atoms with Crippen LogP contribution in [0.25, 0.3) is 0 Å². The third-order valence-corrected chi connectivity index (χ3v) is 6.32. The van der Waals surface area contributed by atoms with Gasteiger partial charge in [-0.2, -0.15) is 0 Å². The van der Waals surface area contributed by atoms with Gasteiger partial charge in [0, 0.05) is 11.8 Å². The summed E-state index contributed by atoms with van der Waals surface area (Å²) in [5, 5.41) is 19.6. The lowest BCUT2D eigenvalue weighted by molar-refractivity contribution is 0.475. The van der Waals surface area contributed by atoms with Gasteiger partial charge in [-0.25, -0.2) is 0 Å². The van der Waals surface area contributed by atoms with Gasteiger partial charge in [-0.15, -0.1) is 0 Å².